The number of hydrogen-bond donors (Lipinski definition) is 3. The van der Waals surface area contributed by atoms with Crippen LogP contribution in [-0.2, 0) is 9.59 Å². The second-order valence-electron chi connectivity index (χ2n) is 9.14. The molecule has 200 valence electrons. The van der Waals surface area contributed by atoms with E-state index in [-0.39, 0.29) is 48.1 Å². The molecule has 3 aliphatic carbocycles. The topological polar surface area (TPSA) is 132 Å². The fourth-order valence-corrected chi connectivity index (χ4v) is 5.30. The van der Waals surface area contributed by atoms with Crippen molar-refractivity contribution in [1.29, 1.82) is 0 Å². The van der Waals surface area contributed by atoms with Crippen LogP contribution in [-0.4, -0.2) is 70.6 Å². The fraction of sp³-hybridized carbons (Fsp3) is 0.500. The second kappa shape index (κ2) is 11.3. The monoisotopic (exact) mass is 554 g/mol. The first-order valence-electron chi connectivity index (χ1n) is 11.6. The molecule has 1 aromatic heterocycles. The SMILES string of the molecule is COc1cc(OCC(=O)NC23CCC(NC(=O)COc4ccc(Cl)c(F)c4)(CC2)C[C@H]3O)nc(SC)n1. The van der Waals surface area contributed by atoms with E-state index in [1.54, 1.807) is 0 Å². The minimum Gasteiger partial charge on any atom is -0.484 e. The highest BCUT2D eigenvalue weighted by Crippen LogP contribution is 2.47. The van der Waals surface area contributed by atoms with E-state index < -0.39 is 23.0 Å². The molecule has 2 aromatic rings. The summed E-state index contributed by atoms with van der Waals surface area (Å²) in [5.74, 6) is -0.667. The highest BCUT2D eigenvalue weighted by molar-refractivity contribution is 7.98. The summed E-state index contributed by atoms with van der Waals surface area (Å²) in [5.41, 5.74) is -1.39. The first-order valence-corrected chi connectivity index (χ1v) is 13.2. The molecule has 0 unspecified atom stereocenters. The Labute approximate surface area is 222 Å². The van der Waals surface area contributed by atoms with E-state index in [0.717, 1.165) is 6.07 Å². The number of rotatable bonds is 10. The van der Waals surface area contributed by atoms with Gasteiger partial charge in [0.1, 0.15) is 11.6 Å². The van der Waals surface area contributed by atoms with Crippen LogP contribution in [0.5, 0.6) is 17.5 Å². The molecule has 37 heavy (non-hydrogen) atoms. The Morgan fingerprint density at radius 2 is 1.78 bits per heavy atom. The molecule has 3 aliphatic rings. The number of methoxy groups -OCH3 is 1. The smallest absolute Gasteiger partial charge is 0.258 e. The van der Waals surface area contributed by atoms with E-state index >= 15 is 0 Å². The number of nitrogens with zero attached hydrogens (tertiary/aromatic N) is 2. The van der Waals surface area contributed by atoms with Crippen LogP contribution in [0.25, 0.3) is 0 Å². The van der Waals surface area contributed by atoms with Crippen molar-refractivity contribution < 1.29 is 33.3 Å². The highest BCUT2D eigenvalue weighted by atomic mass is 35.5. The lowest BCUT2D eigenvalue weighted by molar-refractivity contribution is -0.137. The van der Waals surface area contributed by atoms with E-state index in [2.05, 4.69) is 20.6 Å². The lowest BCUT2D eigenvalue weighted by Crippen LogP contribution is -2.70. The fourth-order valence-electron chi connectivity index (χ4n) is 4.82. The summed E-state index contributed by atoms with van der Waals surface area (Å²) in [5, 5.41) is 17.3. The zero-order chi connectivity index (χ0) is 26.6. The molecule has 10 nitrogen and oxygen atoms in total. The number of aromatic nitrogens is 2. The van der Waals surface area contributed by atoms with Crippen LogP contribution < -0.4 is 24.8 Å². The standard InChI is InChI=1S/C24H28ClFN4O6S/c1-34-20-10-21(28-22(27-20)37-2)36-13-19(33)30-24-7-5-23(6-8-24,11-17(24)31)29-18(32)12-35-14-3-4-15(25)16(26)9-14/h3-4,9-10,17,31H,5-8,11-13H2,1-2H3,(H,29,32)(H,30,33)/t17-,23?,24?/m1/s1. The molecule has 2 bridgehead atoms. The maximum absolute atomic E-state index is 13.6. The largest absolute Gasteiger partial charge is 0.484 e. The molecule has 0 aliphatic heterocycles. The summed E-state index contributed by atoms with van der Waals surface area (Å²) in [6.45, 7) is -0.586. The average Bonchev–Trinajstić information content (AvgIpc) is 2.89. The molecule has 0 saturated heterocycles. The van der Waals surface area contributed by atoms with Crippen molar-refractivity contribution in [2.45, 2.75) is 54.4 Å². The number of halogens is 2. The van der Waals surface area contributed by atoms with Crippen molar-refractivity contribution in [3.63, 3.8) is 0 Å². The summed E-state index contributed by atoms with van der Waals surface area (Å²) in [6.07, 6.45) is 3.37. The van der Waals surface area contributed by atoms with Gasteiger partial charge in [-0.25, -0.2) is 4.39 Å². The van der Waals surface area contributed by atoms with Crippen LogP contribution in [0.1, 0.15) is 32.1 Å². The Bertz CT molecular complexity index is 1140. The molecule has 0 radical (unpaired) electrons. The van der Waals surface area contributed by atoms with Crippen LogP contribution in [0.3, 0.4) is 0 Å². The molecular formula is C24H28ClFN4O6S. The Balaban J connectivity index is 1.28. The highest BCUT2D eigenvalue weighted by Gasteiger charge is 2.55. The average molecular weight is 555 g/mol. The number of amides is 2. The summed E-state index contributed by atoms with van der Waals surface area (Å²) in [6, 6.07) is 5.44. The van der Waals surface area contributed by atoms with Crippen LogP contribution in [0.4, 0.5) is 4.39 Å². The number of carbonyl (C=O) groups excluding carboxylic acids is 2. The van der Waals surface area contributed by atoms with Gasteiger partial charge in [-0.15, -0.1) is 0 Å². The van der Waals surface area contributed by atoms with Gasteiger partial charge in [0.2, 0.25) is 11.8 Å². The lowest BCUT2D eigenvalue weighted by atomic mass is 9.60. The Morgan fingerprint density at radius 3 is 2.43 bits per heavy atom. The van der Waals surface area contributed by atoms with Gasteiger partial charge in [0.15, 0.2) is 18.4 Å². The molecule has 3 N–H and O–H groups in total. The molecule has 3 saturated carbocycles. The third kappa shape index (κ3) is 6.36. The molecule has 1 aromatic carbocycles. The van der Waals surface area contributed by atoms with Crippen molar-refractivity contribution in [1.82, 2.24) is 20.6 Å². The Hall–Kier alpha value is -2.83. The van der Waals surface area contributed by atoms with Crippen LogP contribution in [0.15, 0.2) is 29.4 Å². The number of benzene rings is 1. The first-order chi connectivity index (χ1) is 17.7. The van der Waals surface area contributed by atoms with Crippen LogP contribution in [0.2, 0.25) is 5.02 Å². The third-order valence-corrected chi connectivity index (χ3v) is 7.63. The minimum atomic E-state index is -0.854. The number of aliphatic hydroxyl groups excluding tert-OH is 1. The van der Waals surface area contributed by atoms with Gasteiger partial charge >= 0.3 is 0 Å². The Kier molecular flexibility index (Phi) is 8.29. The number of fused-ring (bicyclic) bond motifs is 3. The predicted octanol–water partition coefficient (Wildman–Crippen LogP) is 2.51. The molecule has 5 rings (SSSR count). The molecule has 1 heterocycles. The second-order valence-corrected chi connectivity index (χ2v) is 10.3. The summed E-state index contributed by atoms with van der Waals surface area (Å²) in [4.78, 5) is 33.6. The lowest BCUT2D eigenvalue weighted by Gasteiger charge is -2.56. The Morgan fingerprint density at radius 1 is 1.11 bits per heavy atom. The maximum atomic E-state index is 13.6. The van der Waals surface area contributed by atoms with Gasteiger partial charge in [0, 0.05) is 11.6 Å². The molecule has 3 fully saturated rings. The number of carbonyl (C=O) groups is 2. The van der Waals surface area contributed by atoms with Crippen molar-refractivity contribution in [3.8, 4) is 17.5 Å². The number of aliphatic hydroxyl groups is 1. The van der Waals surface area contributed by atoms with Crippen molar-refractivity contribution in [3.05, 3.63) is 35.1 Å². The van der Waals surface area contributed by atoms with Crippen molar-refractivity contribution in [2.75, 3.05) is 26.6 Å². The summed E-state index contributed by atoms with van der Waals surface area (Å²) >= 11 is 6.98. The number of thioether (sulfide) groups is 1. The van der Waals surface area contributed by atoms with E-state index in [1.165, 1.54) is 37.1 Å². The van der Waals surface area contributed by atoms with E-state index in [4.69, 9.17) is 25.8 Å². The van der Waals surface area contributed by atoms with E-state index in [9.17, 15) is 19.1 Å². The maximum Gasteiger partial charge on any atom is 0.258 e. The molecular weight excluding hydrogens is 527 g/mol. The summed E-state index contributed by atoms with van der Waals surface area (Å²) in [7, 11) is 1.48. The molecule has 13 heteroatoms. The molecule has 1 atom stereocenters. The van der Waals surface area contributed by atoms with Gasteiger partial charge in [-0.05, 0) is 50.5 Å². The number of ether oxygens (including phenoxy) is 3. The normalized spacial score (nSPS) is 24.3. The van der Waals surface area contributed by atoms with Gasteiger partial charge < -0.3 is 30.0 Å². The van der Waals surface area contributed by atoms with Gasteiger partial charge in [-0.2, -0.15) is 9.97 Å². The zero-order valence-corrected chi connectivity index (χ0v) is 22.0. The van der Waals surface area contributed by atoms with Gasteiger partial charge in [-0.1, -0.05) is 23.4 Å². The van der Waals surface area contributed by atoms with E-state index in [1.807, 2.05) is 6.26 Å². The van der Waals surface area contributed by atoms with E-state index in [0.29, 0.717) is 36.7 Å². The minimum absolute atomic E-state index is 0.0322. The number of nitrogens with one attached hydrogen (secondary N) is 2. The predicted molar refractivity (Wildman–Crippen MR) is 134 cm³/mol. The van der Waals surface area contributed by atoms with Gasteiger partial charge in [0.05, 0.1) is 29.8 Å². The van der Waals surface area contributed by atoms with Crippen molar-refractivity contribution in [2.24, 2.45) is 0 Å². The third-order valence-electron chi connectivity index (χ3n) is 6.78. The van der Waals surface area contributed by atoms with Gasteiger partial charge in [0.25, 0.3) is 11.8 Å². The van der Waals surface area contributed by atoms with Crippen LogP contribution in [0, 0.1) is 5.82 Å². The van der Waals surface area contributed by atoms with Crippen molar-refractivity contribution >= 4 is 35.2 Å². The van der Waals surface area contributed by atoms with Crippen LogP contribution >= 0.6 is 23.4 Å². The zero-order valence-electron chi connectivity index (χ0n) is 20.4. The quantitative estimate of drug-likeness (QED) is 0.299. The molecule has 2 amide bonds. The molecule has 0 spiro atoms. The summed E-state index contributed by atoms with van der Waals surface area (Å²) < 4.78 is 29.6. The number of hydrogen-bond acceptors (Lipinski definition) is 9. The first kappa shape index (κ1) is 27.2. The van der Waals surface area contributed by atoms with Gasteiger partial charge in [-0.3, -0.25) is 9.59 Å².